The fourth-order valence-corrected chi connectivity index (χ4v) is 3.45. The Bertz CT molecular complexity index is 807. The van der Waals surface area contributed by atoms with E-state index in [1.165, 1.54) is 0 Å². The van der Waals surface area contributed by atoms with Gasteiger partial charge in [0.25, 0.3) is 11.8 Å². The van der Waals surface area contributed by atoms with E-state index in [4.69, 9.17) is 0 Å². The lowest BCUT2D eigenvalue weighted by molar-refractivity contribution is -0.118. The Kier molecular flexibility index (Phi) is 4.41. The number of anilines is 1. The summed E-state index contributed by atoms with van der Waals surface area (Å²) >= 11 is 0. The highest BCUT2D eigenvalue weighted by Gasteiger charge is 2.35. The fourth-order valence-electron chi connectivity index (χ4n) is 3.45. The average molecular weight is 358 g/mol. The van der Waals surface area contributed by atoms with E-state index in [0.717, 1.165) is 19.4 Å². The molecule has 2 N–H and O–H groups in total. The minimum atomic E-state index is -0.564. The highest BCUT2D eigenvalue weighted by molar-refractivity contribution is 6.02. The molecule has 2 aromatic rings. The first-order valence-corrected chi connectivity index (χ1v) is 8.85. The van der Waals surface area contributed by atoms with Crippen molar-refractivity contribution in [3.8, 4) is 0 Å². The zero-order chi connectivity index (χ0) is 18.1. The number of aryl methyl sites for hydroxylation is 1. The molecule has 4 heterocycles. The molecular formula is C16H22N8O2. The van der Waals surface area contributed by atoms with Crippen LogP contribution in [0.5, 0.6) is 0 Å². The number of hydrogen-bond donors (Lipinski definition) is 2. The van der Waals surface area contributed by atoms with Gasteiger partial charge < -0.3 is 10.6 Å². The van der Waals surface area contributed by atoms with Crippen molar-refractivity contribution in [1.82, 2.24) is 35.4 Å². The molecule has 10 heteroatoms. The molecule has 2 aliphatic rings. The van der Waals surface area contributed by atoms with Gasteiger partial charge >= 0.3 is 0 Å². The first kappa shape index (κ1) is 16.7. The summed E-state index contributed by atoms with van der Waals surface area (Å²) in [6.45, 7) is 2.24. The molecular weight excluding hydrogens is 336 g/mol. The first-order chi connectivity index (χ1) is 12.6. The largest absolute Gasteiger partial charge is 0.339 e. The van der Waals surface area contributed by atoms with Crippen LogP contribution < -0.4 is 15.5 Å². The van der Waals surface area contributed by atoms with E-state index in [1.54, 1.807) is 39.8 Å². The lowest BCUT2D eigenvalue weighted by Crippen LogP contribution is -2.41. The second-order valence-corrected chi connectivity index (χ2v) is 6.77. The van der Waals surface area contributed by atoms with Crippen molar-refractivity contribution in [3.05, 3.63) is 24.2 Å². The SMILES string of the molecule is Cn1ccc(N2CCC(NC(=O)c3cn(CC4CCCN4)nn3)C2=O)n1. The maximum atomic E-state index is 12.5. The number of hydrogen-bond acceptors (Lipinski definition) is 6. The van der Waals surface area contributed by atoms with Gasteiger partial charge in [-0.15, -0.1) is 5.10 Å². The zero-order valence-electron chi connectivity index (χ0n) is 14.6. The van der Waals surface area contributed by atoms with Gasteiger partial charge in [0.2, 0.25) is 0 Å². The zero-order valence-corrected chi connectivity index (χ0v) is 14.6. The fraction of sp³-hybridized carbons (Fsp3) is 0.562. The number of carbonyl (C=O) groups excluding carboxylic acids is 2. The predicted molar refractivity (Wildman–Crippen MR) is 92.5 cm³/mol. The molecule has 26 heavy (non-hydrogen) atoms. The molecule has 2 amide bonds. The molecule has 0 radical (unpaired) electrons. The van der Waals surface area contributed by atoms with Gasteiger partial charge in [0, 0.05) is 31.9 Å². The topological polar surface area (TPSA) is 110 Å². The summed E-state index contributed by atoms with van der Waals surface area (Å²) < 4.78 is 3.32. The summed E-state index contributed by atoms with van der Waals surface area (Å²) in [5.74, 6) is 0.0701. The molecule has 10 nitrogen and oxygen atoms in total. The van der Waals surface area contributed by atoms with Crippen LogP contribution in [0.4, 0.5) is 5.82 Å². The summed E-state index contributed by atoms with van der Waals surface area (Å²) in [4.78, 5) is 26.5. The summed E-state index contributed by atoms with van der Waals surface area (Å²) in [5.41, 5.74) is 0.229. The third-order valence-corrected chi connectivity index (χ3v) is 4.83. The molecule has 0 spiro atoms. The number of rotatable bonds is 5. The lowest BCUT2D eigenvalue weighted by Gasteiger charge is -2.14. The third-order valence-electron chi connectivity index (χ3n) is 4.83. The van der Waals surface area contributed by atoms with Crippen molar-refractivity contribution in [2.24, 2.45) is 7.05 Å². The molecule has 2 atom stereocenters. The minimum absolute atomic E-state index is 0.153. The smallest absolute Gasteiger partial charge is 0.274 e. The van der Waals surface area contributed by atoms with Crippen molar-refractivity contribution in [3.63, 3.8) is 0 Å². The van der Waals surface area contributed by atoms with Crippen molar-refractivity contribution >= 4 is 17.6 Å². The minimum Gasteiger partial charge on any atom is -0.339 e. The standard InChI is InChI=1S/C16H22N8O2/c1-22-7-5-14(20-22)24-8-4-12(16(24)26)18-15(25)13-10-23(21-19-13)9-11-3-2-6-17-11/h5,7,10-12,17H,2-4,6,8-9H2,1H3,(H,18,25). The average Bonchev–Trinajstić information content (AvgIpc) is 3.38. The van der Waals surface area contributed by atoms with Crippen LogP contribution in [0.15, 0.2) is 18.5 Å². The van der Waals surface area contributed by atoms with Crippen LogP contribution in [0.3, 0.4) is 0 Å². The Hall–Kier alpha value is -2.75. The highest BCUT2D eigenvalue weighted by Crippen LogP contribution is 2.19. The second kappa shape index (κ2) is 6.87. The maximum absolute atomic E-state index is 12.5. The molecule has 0 aliphatic carbocycles. The molecule has 2 saturated heterocycles. The number of carbonyl (C=O) groups is 2. The Labute approximate surface area is 150 Å². The number of nitrogens with zero attached hydrogens (tertiary/aromatic N) is 6. The van der Waals surface area contributed by atoms with Gasteiger partial charge in [-0.25, -0.2) is 0 Å². The quantitative estimate of drug-likeness (QED) is 0.731. The first-order valence-electron chi connectivity index (χ1n) is 8.85. The normalized spacial score (nSPS) is 23.0. The Morgan fingerprint density at radius 1 is 1.42 bits per heavy atom. The van der Waals surface area contributed by atoms with Crippen molar-refractivity contribution in [2.75, 3.05) is 18.0 Å². The van der Waals surface area contributed by atoms with Crippen molar-refractivity contribution in [1.29, 1.82) is 0 Å². The number of amides is 2. The molecule has 0 bridgehead atoms. The Balaban J connectivity index is 1.36. The Morgan fingerprint density at radius 3 is 3.04 bits per heavy atom. The van der Waals surface area contributed by atoms with Crippen LogP contribution in [0, 0.1) is 0 Å². The van der Waals surface area contributed by atoms with Gasteiger partial charge in [0.1, 0.15) is 6.04 Å². The van der Waals surface area contributed by atoms with Gasteiger partial charge in [-0.1, -0.05) is 5.21 Å². The van der Waals surface area contributed by atoms with Crippen LogP contribution in [0.1, 0.15) is 29.8 Å². The van der Waals surface area contributed by atoms with Gasteiger partial charge in [0.15, 0.2) is 11.5 Å². The van der Waals surface area contributed by atoms with E-state index < -0.39 is 6.04 Å². The monoisotopic (exact) mass is 358 g/mol. The number of aromatic nitrogens is 5. The van der Waals surface area contributed by atoms with E-state index in [0.29, 0.717) is 31.4 Å². The van der Waals surface area contributed by atoms with E-state index >= 15 is 0 Å². The molecule has 2 aromatic heterocycles. The van der Waals surface area contributed by atoms with Crippen LogP contribution in [0.25, 0.3) is 0 Å². The predicted octanol–water partition coefficient (Wildman–Crippen LogP) is -0.701. The van der Waals surface area contributed by atoms with Crippen molar-refractivity contribution < 1.29 is 9.59 Å². The van der Waals surface area contributed by atoms with E-state index in [-0.39, 0.29) is 17.5 Å². The third kappa shape index (κ3) is 3.32. The van der Waals surface area contributed by atoms with Crippen LogP contribution in [-0.2, 0) is 18.4 Å². The van der Waals surface area contributed by atoms with Crippen LogP contribution in [0.2, 0.25) is 0 Å². The van der Waals surface area contributed by atoms with E-state index in [9.17, 15) is 9.59 Å². The van der Waals surface area contributed by atoms with Gasteiger partial charge in [-0.2, -0.15) is 5.10 Å². The molecule has 2 fully saturated rings. The summed E-state index contributed by atoms with van der Waals surface area (Å²) in [7, 11) is 1.80. The van der Waals surface area contributed by atoms with Gasteiger partial charge in [-0.3, -0.25) is 23.9 Å². The van der Waals surface area contributed by atoms with Crippen molar-refractivity contribution in [2.45, 2.75) is 37.9 Å². The second-order valence-electron chi connectivity index (χ2n) is 6.77. The number of nitrogens with one attached hydrogen (secondary N) is 2. The highest BCUT2D eigenvalue weighted by atomic mass is 16.2. The van der Waals surface area contributed by atoms with Crippen LogP contribution >= 0.6 is 0 Å². The van der Waals surface area contributed by atoms with Gasteiger partial charge in [0.05, 0.1) is 12.7 Å². The molecule has 138 valence electrons. The summed E-state index contributed by atoms with van der Waals surface area (Å²) in [6.07, 6.45) is 6.21. The molecule has 0 aromatic carbocycles. The molecule has 2 aliphatic heterocycles. The maximum Gasteiger partial charge on any atom is 0.274 e. The molecule has 0 saturated carbocycles. The summed E-state index contributed by atoms with van der Waals surface area (Å²) in [5, 5.41) is 18.3. The van der Waals surface area contributed by atoms with Gasteiger partial charge in [-0.05, 0) is 25.8 Å². The molecule has 2 unspecified atom stereocenters. The summed E-state index contributed by atoms with van der Waals surface area (Å²) in [6, 6.07) is 1.59. The molecule has 4 rings (SSSR count). The van der Waals surface area contributed by atoms with E-state index in [2.05, 4.69) is 26.0 Å². The van der Waals surface area contributed by atoms with Crippen LogP contribution in [-0.4, -0.2) is 61.8 Å². The van der Waals surface area contributed by atoms with E-state index in [1.807, 2.05) is 0 Å². The Morgan fingerprint density at radius 2 is 2.31 bits per heavy atom. The lowest BCUT2D eigenvalue weighted by atomic mass is 10.2.